The van der Waals surface area contributed by atoms with Gasteiger partial charge in [-0.3, -0.25) is 4.21 Å². The van der Waals surface area contributed by atoms with Crippen LogP contribution in [0.25, 0.3) is 0 Å². The first-order chi connectivity index (χ1) is 9.70. The van der Waals surface area contributed by atoms with Crippen molar-refractivity contribution in [1.82, 2.24) is 5.32 Å². The van der Waals surface area contributed by atoms with Gasteiger partial charge in [0.2, 0.25) is 0 Å². The lowest BCUT2D eigenvalue weighted by atomic mass is 10.1. The smallest absolute Gasteiger partial charge is 0.123 e. The van der Waals surface area contributed by atoms with Crippen LogP contribution in [0.4, 0.5) is 4.39 Å². The van der Waals surface area contributed by atoms with Gasteiger partial charge < -0.3 is 5.32 Å². The van der Waals surface area contributed by atoms with E-state index in [1.807, 2.05) is 37.3 Å². The summed E-state index contributed by atoms with van der Waals surface area (Å²) in [6.07, 6.45) is 0. The second-order valence-electron chi connectivity index (χ2n) is 4.49. The summed E-state index contributed by atoms with van der Waals surface area (Å²) in [6.45, 7) is 2.83. The van der Waals surface area contributed by atoms with Gasteiger partial charge in [-0.15, -0.1) is 0 Å². The zero-order chi connectivity index (χ0) is 14.4. The van der Waals surface area contributed by atoms with Crippen LogP contribution in [-0.2, 0) is 10.8 Å². The number of benzene rings is 2. The maximum atomic E-state index is 12.9. The summed E-state index contributed by atoms with van der Waals surface area (Å²) in [4.78, 5) is 0.658. The fraction of sp³-hybridized carbons (Fsp3) is 0.250. The lowest BCUT2D eigenvalue weighted by molar-refractivity contribution is 0.594. The number of hydrogen-bond donors (Lipinski definition) is 1. The number of rotatable bonds is 6. The Bertz CT molecular complexity index is 556. The normalized spacial score (nSPS) is 13.9. The third-order valence-corrected chi connectivity index (χ3v) is 4.48. The first-order valence-corrected chi connectivity index (χ1v) is 7.95. The van der Waals surface area contributed by atoms with Crippen molar-refractivity contribution in [3.8, 4) is 0 Å². The van der Waals surface area contributed by atoms with E-state index in [1.54, 1.807) is 12.1 Å². The molecule has 0 saturated heterocycles. The summed E-state index contributed by atoms with van der Waals surface area (Å²) in [6, 6.07) is 15.8. The van der Waals surface area contributed by atoms with Crippen LogP contribution in [0.2, 0.25) is 0 Å². The molecular weight excluding hydrogens is 273 g/mol. The van der Waals surface area contributed by atoms with E-state index in [4.69, 9.17) is 0 Å². The molecule has 0 bridgehead atoms. The lowest BCUT2D eigenvalue weighted by Crippen LogP contribution is -2.26. The Morgan fingerprint density at radius 2 is 1.75 bits per heavy atom. The molecule has 0 aromatic heterocycles. The maximum Gasteiger partial charge on any atom is 0.123 e. The van der Waals surface area contributed by atoms with E-state index in [0.29, 0.717) is 10.6 Å². The molecule has 2 aromatic rings. The van der Waals surface area contributed by atoms with Crippen molar-refractivity contribution in [1.29, 1.82) is 0 Å². The Morgan fingerprint density at radius 1 is 1.10 bits per heavy atom. The van der Waals surface area contributed by atoms with E-state index in [0.717, 1.165) is 12.1 Å². The van der Waals surface area contributed by atoms with Gasteiger partial charge in [-0.2, -0.15) is 0 Å². The topological polar surface area (TPSA) is 29.1 Å². The standard InChI is InChI=1S/C16H18FNOS/c1-2-18-16(13-6-4-3-5-7-13)12-20(19)15-10-8-14(17)9-11-15/h3-11,16,18H,2,12H2,1H3. The lowest BCUT2D eigenvalue weighted by Gasteiger charge is -2.18. The van der Waals surface area contributed by atoms with Crippen molar-refractivity contribution < 1.29 is 8.60 Å². The molecule has 0 spiro atoms. The Hall–Kier alpha value is -1.52. The first-order valence-electron chi connectivity index (χ1n) is 6.63. The number of nitrogens with one attached hydrogen (secondary N) is 1. The van der Waals surface area contributed by atoms with Gasteiger partial charge in [0.1, 0.15) is 5.82 Å². The largest absolute Gasteiger partial charge is 0.309 e. The average Bonchev–Trinajstić information content (AvgIpc) is 2.48. The fourth-order valence-corrected chi connectivity index (χ4v) is 3.28. The zero-order valence-electron chi connectivity index (χ0n) is 11.4. The first kappa shape index (κ1) is 14.9. The summed E-state index contributed by atoms with van der Waals surface area (Å²) in [5.41, 5.74) is 1.12. The van der Waals surface area contributed by atoms with Crippen molar-refractivity contribution in [2.24, 2.45) is 0 Å². The molecule has 0 radical (unpaired) electrons. The van der Waals surface area contributed by atoms with Gasteiger partial charge in [0.25, 0.3) is 0 Å². The highest BCUT2D eigenvalue weighted by Gasteiger charge is 2.15. The molecule has 20 heavy (non-hydrogen) atoms. The highest BCUT2D eigenvalue weighted by molar-refractivity contribution is 7.85. The molecule has 2 unspecified atom stereocenters. The van der Waals surface area contributed by atoms with Gasteiger partial charge in [0.15, 0.2) is 0 Å². The van der Waals surface area contributed by atoms with E-state index in [1.165, 1.54) is 12.1 Å². The van der Waals surface area contributed by atoms with Crippen LogP contribution in [0, 0.1) is 5.82 Å². The minimum Gasteiger partial charge on any atom is -0.309 e. The molecule has 0 heterocycles. The molecule has 2 atom stereocenters. The van der Waals surface area contributed by atoms with Crippen LogP contribution in [0.15, 0.2) is 59.5 Å². The molecule has 0 aliphatic rings. The molecule has 2 aromatic carbocycles. The summed E-state index contributed by atoms with van der Waals surface area (Å²) in [5.74, 6) is 0.167. The van der Waals surface area contributed by atoms with Crippen molar-refractivity contribution in [3.63, 3.8) is 0 Å². The van der Waals surface area contributed by atoms with Crippen LogP contribution >= 0.6 is 0 Å². The SMILES string of the molecule is CCNC(CS(=O)c1ccc(F)cc1)c1ccccc1. The molecular formula is C16H18FNOS. The highest BCUT2D eigenvalue weighted by Crippen LogP contribution is 2.17. The van der Waals surface area contributed by atoms with E-state index < -0.39 is 10.8 Å². The van der Waals surface area contributed by atoms with Crippen LogP contribution in [0.3, 0.4) is 0 Å². The minimum atomic E-state index is -1.15. The molecule has 0 aliphatic heterocycles. The van der Waals surface area contributed by atoms with E-state index in [9.17, 15) is 8.60 Å². The minimum absolute atomic E-state index is 0.0343. The predicted molar refractivity (Wildman–Crippen MR) is 80.5 cm³/mol. The van der Waals surface area contributed by atoms with Gasteiger partial charge in [-0.05, 0) is 36.4 Å². The third-order valence-electron chi connectivity index (χ3n) is 3.05. The van der Waals surface area contributed by atoms with Gasteiger partial charge in [0.05, 0.1) is 10.8 Å². The van der Waals surface area contributed by atoms with Crippen LogP contribution in [0.5, 0.6) is 0 Å². The molecule has 0 aliphatic carbocycles. The molecule has 2 rings (SSSR count). The van der Waals surface area contributed by atoms with Crippen molar-refractivity contribution in [2.75, 3.05) is 12.3 Å². The Balaban J connectivity index is 2.12. The Labute approximate surface area is 121 Å². The predicted octanol–water partition coefficient (Wildman–Crippen LogP) is 3.28. The van der Waals surface area contributed by atoms with E-state index in [-0.39, 0.29) is 11.9 Å². The van der Waals surface area contributed by atoms with E-state index >= 15 is 0 Å². The van der Waals surface area contributed by atoms with Crippen LogP contribution in [0.1, 0.15) is 18.5 Å². The zero-order valence-corrected chi connectivity index (χ0v) is 12.2. The average molecular weight is 291 g/mol. The van der Waals surface area contributed by atoms with Crippen LogP contribution in [-0.4, -0.2) is 16.5 Å². The third kappa shape index (κ3) is 3.99. The van der Waals surface area contributed by atoms with Gasteiger partial charge in [0, 0.05) is 16.7 Å². The molecule has 1 N–H and O–H groups in total. The fourth-order valence-electron chi connectivity index (χ4n) is 2.04. The summed E-state index contributed by atoms with van der Waals surface area (Å²) in [5, 5.41) is 3.34. The van der Waals surface area contributed by atoms with Crippen molar-refractivity contribution in [2.45, 2.75) is 17.9 Å². The summed E-state index contributed by atoms with van der Waals surface area (Å²) in [7, 11) is -1.15. The van der Waals surface area contributed by atoms with Gasteiger partial charge in [-0.1, -0.05) is 37.3 Å². The maximum absolute atomic E-state index is 12.9. The van der Waals surface area contributed by atoms with Crippen molar-refractivity contribution in [3.05, 3.63) is 66.0 Å². The van der Waals surface area contributed by atoms with Gasteiger partial charge >= 0.3 is 0 Å². The molecule has 0 saturated carbocycles. The Kier molecular flexibility index (Phi) is 5.44. The molecule has 4 heteroatoms. The van der Waals surface area contributed by atoms with Gasteiger partial charge in [-0.25, -0.2) is 4.39 Å². The number of halogens is 1. The molecule has 0 amide bonds. The number of hydrogen-bond acceptors (Lipinski definition) is 2. The van der Waals surface area contributed by atoms with E-state index in [2.05, 4.69) is 5.32 Å². The monoisotopic (exact) mass is 291 g/mol. The summed E-state index contributed by atoms with van der Waals surface area (Å²) >= 11 is 0. The van der Waals surface area contributed by atoms with Crippen LogP contribution < -0.4 is 5.32 Å². The Morgan fingerprint density at radius 3 is 2.35 bits per heavy atom. The second-order valence-corrected chi connectivity index (χ2v) is 5.98. The summed E-state index contributed by atoms with van der Waals surface area (Å²) < 4.78 is 25.3. The highest BCUT2D eigenvalue weighted by atomic mass is 32.2. The molecule has 106 valence electrons. The molecule has 0 fully saturated rings. The second kappa shape index (κ2) is 7.31. The van der Waals surface area contributed by atoms with Crippen molar-refractivity contribution >= 4 is 10.8 Å². The quantitative estimate of drug-likeness (QED) is 0.885. The molecule has 2 nitrogen and oxygen atoms in total.